The molecule has 1 aromatic carbocycles. The van der Waals surface area contributed by atoms with Gasteiger partial charge in [0.25, 0.3) is 0 Å². The van der Waals surface area contributed by atoms with Crippen molar-refractivity contribution in [3.8, 4) is 11.5 Å². The van der Waals surface area contributed by atoms with E-state index in [2.05, 4.69) is 5.43 Å². The van der Waals surface area contributed by atoms with Crippen molar-refractivity contribution in [2.24, 2.45) is 5.84 Å². The zero-order chi connectivity index (χ0) is 8.97. The van der Waals surface area contributed by atoms with E-state index in [-0.39, 0.29) is 17.0 Å². The van der Waals surface area contributed by atoms with Crippen LogP contribution in [0.1, 0.15) is 0 Å². The number of rotatable bonds is 3. The molecule has 0 radical (unpaired) electrons. The molecule has 0 spiro atoms. The minimum atomic E-state index is 0. The van der Waals surface area contributed by atoms with Crippen molar-refractivity contribution in [2.45, 2.75) is 0 Å². The van der Waals surface area contributed by atoms with Gasteiger partial charge in [-0.25, -0.2) is 0 Å². The number of hydrazine groups is 1. The third-order valence-electron chi connectivity index (χ3n) is 1.56. The highest BCUT2D eigenvalue weighted by molar-refractivity contribution is 8.93. The SMILES string of the molecule is Br.COc1ccc(OC)c(NN)c1. The van der Waals surface area contributed by atoms with Gasteiger partial charge >= 0.3 is 0 Å². The van der Waals surface area contributed by atoms with Gasteiger partial charge in [-0.2, -0.15) is 0 Å². The van der Waals surface area contributed by atoms with Crippen LogP contribution in [0, 0.1) is 0 Å². The quantitative estimate of drug-likeness (QED) is 0.630. The average Bonchev–Trinajstić information content (AvgIpc) is 2.16. The first-order valence-corrected chi connectivity index (χ1v) is 3.50. The second-order valence-electron chi connectivity index (χ2n) is 2.21. The first-order valence-electron chi connectivity index (χ1n) is 3.50. The minimum Gasteiger partial charge on any atom is -0.497 e. The van der Waals surface area contributed by atoms with E-state index in [0.717, 1.165) is 5.75 Å². The summed E-state index contributed by atoms with van der Waals surface area (Å²) in [6.07, 6.45) is 0. The van der Waals surface area contributed by atoms with E-state index in [1.807, 2.05) is 0 Å². The smallest absolute Gasteiger partial charge is 0.143 e. The van der Waals surface area contributed by atoms with Gasteiger partial charge in [-0.15, -0.1) is 17.0 Å². The van der Waals surface area contributed by atoms with E-state index < -0.39 is 0 Å². The molecule has 0 amide bonds. The van der Waals surface area contributed by atoms with Crippen LogP contribution >= 0.6 is 17.0 Å². The molecule has 0 aromatic heterocycles. The topological polar surface area (TPSA) is 56.5 Å². The van der Waals surface area contributed by atoms with Gasteiger partial charge in [0.15, 0.2) is 0 Å². The summed E-state index contributed by atoms with van der Waals surface area (Å²) in [5.41, 5.74) is 3.22. The first kappa shape index (κ1) is 12.1. The molecule has 4 nitrogen and oxygen atoms in total. The normalized spacial score (nSPS) is 8.54. The van der Waals surface area contributed by atoms with Crippen molar-refractivity contribution in [1.82, 2.24) is 0 Å². The molecule has 13 heavy (non-hydrogen) atoms. The molecule has 0 aliphatic heterocycles. The summed E-state index contributed by atoms with van der Waals surface area (Å²) >= 11 is 0. The van der Waals surface area contributed by atoms with Crippen molar-refractivity contribution < 1.29 is 9.47 Å². The van der Waals surface area contributed by atoms with Crippen LogP contribution in [0.5, 0.6) is 11.5 Å². The van der Waals surface area contributed by atoms with Gasteiger partial charge in [0.1, 0.15) is 11.5 Å². The lowest BCUT2D eigenvalue weighted by Gasteiger charge is -2.08. The fourth-order valence-corrected chi connectivity index (χ4v) is 0.927. The Balaban J connectivity index is 0.00000144. The molecule has 5 heteroatoms. The lowest BCUT2D eigenvalue weighted by Crippen LogP contribution is -2.08. The van der Waals surface area contributed by atoms with E-state index in [1.165, 1.54) is 0 Å². The fraction of sp³-hybridized carbons (Fsp3) is 0.250. The van der Waals surface area contributed by atoms with Crippen LogP contribution in [0.4, 0.5) is 5.69 Å². The molecule has 0 atom stereocenters. The van der Waals surface area contributed by atoms with E-state index in [1.54, 1.807) is 32.4 Å². The summed E-state index contributed by atoms with van der Waals surface area (Å²) in [4.78, 5) is 0. The summed E-state index contributed by atoms with van der Waals surface area (Å²) in [6, 6.07) is 5.35. The molecule has 0 aliphatic carbocycles. The van der Waals surface area contributed by atoms with Gasteiger partial charge in [0.2, 0.25) is 0 Å². The van der Waals surface area contributed by atoms with Crippen molar-refractivity contribution in [3.63, 3.8) is 0 Å². The third-order valence-corrected chi connectivity index (χ3v) is 1.56. The monoisotopic (exact) mass is 248 g/mol. The number of hydrogen-bond donors (Lipinski definition) is 2. The molecule has 0 saturated carbocycles. The average molecular weight is 249 g/mol. The Bertz CT molecular complexity index is 268. The lowest BCUT2D eigenvalue weighted by molar-refractivity contribution is 0.404. The Morgan fingerprint density at radius 3 is 2.38 bits per heavy atom. The molecule has 74 valence electrons. The molecule has 0 unspecified atom stereocenters. The Morgan fingerprint density at radius 1 is 1.23 bits per heavy atom. The maximum Gasteiger partial charge on any atom is 0.143 e. The van der Waals surface area contributed by atoms with E-state index in [0.29, 0.717) is 11.4 Å². The third kappa shape index (κ3) is 2.78. The van der Waals surface area contributed by atoms with Crippen molar-refractivity contribution in [1.29, 1.82) is 0 Å². The van der Waals surface area contributed by atoms with E-state index in [9.17, 15) is 0 Å². The summed E-state index contributed by atoms with van der Waals surface area (Å²) in [5.74, 6) is 6.70. The summed E-state index contributed by atoms with van der Waals surface area (Å²) < 4.78 is 10.0. The number of halogens is 1. The second-order valence-corrected chi connectivity index (χ2v) is 2.21. The predicted molar refractivity (Wildman–Crippen MR) is 57.7 cm³/mol. The highest BCUT2D eigenvalue weighted by Gasteiger charge is 2.01. The standard InChI is InChI=1S/C8H12N2O2.BrH/c1-11-6-3-4-8(12-2)7(5-6)10-9;/h3-5,10H,9H2,1-2H3;1H. The van der Waals surface area contributed by atoms with Crippen LogP contribution in [-0.2, 0) is 0 Å². The molecule has 0 saturated heterocycles. The highest BCUT2D eigenvalue weighted by Crippen LogP contribution is 2.27. The van der Waals surface area contributed by atoms with Crippen LogP contribution in [0.2, 0.25) is 0 Å². The fourth-order valence-electron chi connectivity index (χ4n) is 0.927. The lowest BCUT2D eigenvalue weighted by atomic mass is 10.3. The molecule has 0 aliphatic rings. The molecule has 0 heterocycles. The minimum absolute atomic E-state index is 0. The number of nitrogens with two attached hydrogens (primary N) is 1. The Kier molecular flexibility index (Phi) is 5.25. The van der Waals surface area contributed by atoms with Crippen LogP contribution in [-0.4, -0.2) is 14.2 Å². The maximum absolute atomic E-state index is 5.26. The Morgan fingerprint density at radius 2 is 1.92 bits per heavy atom. The van der Waals surface area contributed by atoms with Gasteiger partial charge < -0.3 is 14.9 Å². The van der Waals surface area contributed by atoms with Crippen molar-refractivity contribution in [2.75, 3.05) is 19.6 Å². The van der Waals surface area contributed by atoms with Crippen LogP contribution in [0.25, 0.3) is 0 Å². The van der Waals surface area contributed by atoms with Crippen molar-refractivity contribution in [3.05, 3.63) is 18.2 Å². The van der Waals surface area contributed by atoms with Gasteiger partial charge in [-0.3, -0.25) is 5.84 Å². The molecule has 0 bridgehead atoms. The van der Waals surface area contributed by atoms with E-state index >= 15 is 0 Å². The number of nitrogen functional groups attached to an aromatic ring is 1. The van der Waals surface area contributed by atoms with Gasteiger partial charge in [0, 0.05) is 6.07 Å². The maximum atomic E-state index is 5.26. The van der Waals surface area contributed by atoms with Gasteiger partial charge in [-0.1, -0.05) is 0 Å². The van der Waals surface area contributed by atoms with Crippen LogP contribution in [0.15, 0.2) is 18.2 Å². The largest absolute Gasteiger partial charge is 0.497 e. The molecular weight excluding hydrogens is 236 g/mol. The first-order chi connectivity index (χ1) is 5.81. The number of benzene rings is 1. The summed E-state index contributed by atoms with van der Waals surface area (Å²) in [7, 11) is 3.19. The Labute approximate surface area is 87.8 Å². The van der Waals surface area contributed by atoms with E-state index in [4.69, 9.17) is 15.3 Å². The molecule has 0 fully saturated rings. The predicted octanol–water partition coefficient (Wildman–Crippen LogP) is 1.57. The zero-order valence-electron chi connectivity index (χ0n) is 7.53. The molecule has 1 aromatic rings. The highest BCUT2D eigenvalue weighted by atomic mass is 79.9. The molecular formula is C8H13BrN2O2. The molecule has 3 N–H and O–H groups in total. The zero-order valence-corrected chi connectivity index (χ0v) is 9.25. The number of ether oxygens (including phenoxy) is 2. The van der Waals surface area contributed by atoms with Gasteiger partial charge in [-0.05, 0) is 12.1 Å². The van der Waals surface area contributed by atoms with Gasteiger partial charge in [0.05, 0.1) is 19.9 Å². The summed E-state index contributed by atoms with van der Waals surface area (Å²) in [5, 5.41) is 0. The number of methoxy groups -OCH3 is 2. The number of nitrogens with one attached hydrogen (secondary N) is 1. The number of anilines is 1. The van der Waals surface area contributed by atoms with Crippen LogP contribution in [0.3, 0.4) is 0 Å². The van der Waals surface area contributed by atoms with Crippen molar-refractivity contribution >= 4 is 22.7 Å². The van der Waals surface area contributed by atoms with Crippen LogP contribution < -0.4 is 20.7 Å². The number of hydrogen-bond acceptors (Lipinski definition) is 4. The Hall–Kier alpha value is -0.940. The second kappa shape index (κ2) is 5.66. The molecule has 1 rings (SSSR count). The summed E-state index contributed by atoms with van der Waals surface area (Å²) in [6.45, 7) is 0.